The van der Waals surface area contributed by atoms with Crippen molar-refractivity contribution >= 4 is 40.0 Å². The van der Waals surface area contributed by atoms with Crippen molar-refractivity contribution in [2.75, 3.05) is 44.8 Å². The van der Waals surface area contributed by atoms with Crippen molar-refractivity contribution < 1.29 is 9.59 Å². The Labute approximate surface area is 162 Å². The number of nitrogens with zero attached hydrogens (tertiary/aromatic N) is 3. The SMILES string of the molecule is Cc1csc(NC(=O)CN(CCN(C)C)C(=O)CSc2ccccc2)n1. The van der Waals surface area contributed by atoms with Crippen LogP contribution in [0.2, 0.25) is 0 Å². The number of thiazole rings is 1. The summed E-state index contributed by atoms with van der Waals surface area (Å²) in [4.78, 5) is 33.8. The van der Waals surface area contributed by atoms with Crippen LogP contribution in [0, 0.1) is 6.92 Å². The number of aryl methyl sites for hydroxylation is 1. The van der Waals surface area contributed by atoms with Gasteiger partial charge in [-0.2, -0.15) is 0 Å². The first-order valence-corrected chi connectivity index (χ1v) is 10.1. The Morgan fingerprint density at radius 1 is 1.19 bits per heavy atom. The van der Waals surface area contributed by atoms with Gasteiger partial charge in [0.15, 0.2) is 5.13 Å². The second kappa shape index (κ2) is 10.3. The molecule has 0 aliphatic rings. The predicted molar refractivity (Wildman–Crippen MR) is 108 cm³/mol. The van der Waals surface area contributed by atoms with Crippen LogP contribution in [0.25, 0.3) is 0 Å². The van der Waals surface area contributed by atoms with E-state index in [1.165, 1.54) is 23.1 Å². The van der Waals surface area contributed by atoms with E-state index in [0.717, 1.165) is 10.6 Å². The monoisotopic (exact) mass is 392 g/mol. The van der Waals surface area contributed by atoms with E-state index in [-0.39, 0.29) is 18.4 Å². The van der Waals surface area contributed by atoms with Gasteiger partial charge in [-0.3, -0.25) is 9.59 Å². The van der Waals surface area contributed by atoms with Gasteiger partial charge in [-0.15, -0.1) is 23.1 Å². The predicted octanol–water partition coefficient (Wildman–Crippen LogP) is 2.57. The molecule has 1 aromatic carbocycles. The maximum absolute atomic E-state index is 12.6. The Morgan fingerprint density at radius 2 is 1.92 bits per heavy atom. The van der Waals surface area contributed by atoms with Gasteiger partial charge < -0.3 is 15.1 Å². The zero-order valence-electron chi connectivity index (χ0n) is 15.3. The van der Waals surface area contributed by atoms with E-state index < -0.39 is 0 Å². The van der Waals surface area contributed by atoms with Crippen LogP contribution in [0.15, 0.2) is 40.6 Å². The minimum Gasteiger partial charge on any atom is -0.331 e. The van der Waals surface area contributed by atoms with Crippen LogP contribution in [0.3, 0.4) is 0 Å². The summed E-state index contributed by atoms with van der Waals surface area (Å²) >= 11 is 2.86. The fraction of sp³-hybridized carbons (Fsp3) is 0.389. The largest absolute Gasteiger partial charge is 0.331 e. The van der Waals surface area contributed by atoms with E-state index in [2.05, 4.69) is 10.3 Å². The summed E-state index contributed by atoms with van der Waals surface area (Å²) in [6, 6.07) is 9.78. The summed E-state index contributed by atoms with van der Waals surface area (Å²) in [5.74, 6) is 0.0310. The number of carbonyl (C=O) groups is 2. The van der Waals surface area contributed by atoms with E-state index in [0.29, 0.717) is 24.0 Å². The minimum atomic E-state index is -0.226. The molecule has 2 amide bonds. The van der Waals surface area contributed by atoms with E-state index in [9.17, 15) is 9.59 Å². The Bertz CT molecular complexity index is 719. The number of hydrogen-bond acceptors (Lipinski definition) is 6. The number of carbonyl (C=O) groups excluding carboxylic acids is 2. The highest BCUT2D eigenvalue weighted by molar-refractivity contribution is 8.00. The number of benzene rings is 1. The summed E-state index contributed by atoms with van der Waals surface area (Å²) in [5.41, 5.74) is 0.866. The Hall–Kier alpha value is -1.90. The molecule has 140 valence electrons. The highest BCUT2D eigenvalue weighted by Crippen LogP contribution is 2.18. The number of thioether (sulfide) groups is 1. The van der Waals surface area contributed by atoms with E-state index in [1.807, 2.05) is 61.6 Å². The maximum atomic E-state index is 12.6. The third-order valence-corrected chi connectivity index (χ3v) is 5.35. The number of rotatable bonds is 9. The third-order valence-electron chi connectivity index (χ3n) is 3.48. The molecule has 8 heteroatoms. The first kappa shape index (κ1) is 20.4. The van der Waals surface area contributed by atoms with Gasteiger partial charge in [0.25, 0.3) is 0 Å². The summed E-state index contributed by atoms with van der Waals surface area (Å²) in [7, 11) is 3.89. The molecule has 0 unspecified atom stereocenters. The fourth-order valence-electron chi connectivity index (χ4n) is 2.11. The molecule has 0 atom stereocenters. The molecular weight excluding hydrogens is 368 g/mol. The number of aromatic nitrogens is 1. The minimum absolute atomic E-state index is 0.0284. The molecule has 0 spiro atoms. The average Bonchev–Trinajstić information content (AvgIpc) is 3.01. The fourth-order valence-corrected chi connectivity index (χ4v) is 3.64. The molecule has 1 heterocycles. The number of amides is 2. The molecule has 2 rings (SSSR count). The molecule has 0 fully saturated rings. The standard InChI is InChI=1S/C18H24N4O2S2/c1-14-12-26-18(19-14)20-16(23)11-22(10-9-21(2)3)17(24)13-25-15-7-5-4-6-8-15/h4-8,12H,9-11,13H2,1-3H3,(H,19,20,23). The normalized spacial score (nSPS) is 10.8. The van der Waals surface area contributed by atoms with Crippen molar-refractivity contribution in [2.24, 2.45) is 0 Å². The molecule has 0 aliphatic carbocycles. The number of likely N-dealkylation sites (N-methyl/N-ethyl adjacent to an activating group) is 1. The van der Waals surface area contributed by atoms with Crippen molar-refractivity contribution in [3.05, 3.63) is 41.4 Å². The lowest BCUT2D eigenvalue weighted by molar-refractivity contribution is -0.132. The lowest BCUT2D eigenvalue weighted by Gasteiger charge is -2.23. The molecule has 0 aliphatic heterocycles. The van der Waals surface area contributed by atoms with Gasteiger partial charge in [0, 0.05) is 23.4 Å². The topological polar surface area (TPSA) is 65.5 Å². The summed E-state index contributed by atoms with van der Waals surface area (Å²) < 4.78 is 0. The quantitative estimate of drug-likeness (QED) is 0.665. The van der Waals surface area contributed by atoms with Gasteiger partial charge in [0.2, 0.25) is 11.8 Å². The molecule has 0 bridgehead atoms. The van der Waals surface area contributed by atoms with Crippen molar-refractivity contribution in [1.82, 2.24) is 14.8 Å². The summed E-state index contributed by atoms with van der Waals surface area (Å²) in [6.45, 7) is 3.11. The molecule has 26 heavy (non-hydrogen) atoms. The summed E-state index contributed by atoms with van der Waals surface area (Å²) in [6.07, 6.45) is 0. The van der Waals surface area contributed by atoms with Gasteiger partial charge in [-0.1, -0.05) is 18.2 Å². The highest BCUT2D eigenvalue weighted by atomic mass is 32.2. The first-order chi connectivity index (χ1) is 12.4. The van der Waals surface area contributed by atoms with Crippen LogP contribution in [-0.4, -0.2) is 66.1 Å². The van der Waals surface area contributed by atoms with Gasteiger partial charge in [0.05, 0.1) is 18.0 Å². The smallest absolute Gasteiger partial charge is 0.245 e. The molecular formula is C18H24N4O2S2. The molecule has 0 saturated heterocycles. The highest BCUT2D eigenvalue weighted by Gasteiger charge is 2.18. The van der Waals surface area contributed by atoms with Crippen LogP contribution in [0.4, 0.5) is 5.13 Å². The Kier molecular flexibility index (Phi) is 8.08. The van der Waals surface area contributed by atoms with Crippen LogP contribution in [0.5, 0.6) is 0 Å². The third kappa shape index (κ3) is 7.15. The number of anilines is 1. The zero-order chi connectivity index (χ0) is 18.9. The van der Waals surface area contributed by atoms with Crippen LogP contribution in [-0.2, 0) is 9.59 Å². The van der Waals surface area contributed by atoms with Crippen LogP contribution < -0.4 is 5.32 Å². The summed E-state index contributed by atoms with van der Waals surface area (Å²) in [5, 5.41) is 5.20. The lowest BCUT2D eigenvalue weighted by atomic mass is 10.4. The lowest BCUT2D eigenvalue weighted by Crippen LogP contribution is -2.42. The van der Waals surface area contributed by atoms with Crippen molar-refractivity contribution in [3.63, 3.8) is 0 Å². The van der Waals surface area contributed by atoms with Gasteiger partial charge in [-0.25, -0.2) is 4.98 Å². The first-order valence-electron chi connectivity index (χ1n) is 8.26. The number of nitrogens with one attached hydrogen (secondary N) is 1. The molecule has 0 radical (unpaired) electrons. The Balaban J connectivity index is 1.92. The van der Waals surface area contributed by atoms with E-state index in [4.69, 9.17) is 0 Å². The van der Waals surface area contributed by atoms with Crippen molar-refractivity contribution in [3.8, 4) is 0 Å². The number of hydrogen-bond donors (Lipinski definition) is 1. The van der Waals surface area contributed by atoms with E-state index >= 15 is 0 Å². The average molecular weight is 393 g/mol. The molecule has 0 saturated carbocycles. The molecule has 1 aromatic heterocycles. The maximum Gasteiger partial charge on any atom is 0.245 e. The molecule has 6 nitrogen and oxygen atoms in total. The van der Waals surface area contributed by atoms with Crippen molar-refractivity contribution in [2.45, 2.75) is 11.8 Å². The van der Waals surface area contributed by atoms with Crippen molar-refractivity contribution in [1.29, 1.82) is 0 Å². The molecule has 1 N–H and O–H groups in total. The van der Waals surface area contributed by atoms with Gasteiger partial charge >= 0.3 is 0 Å². The van der Waals surface area contributed by atoms with E-state index in [1.54, 1.807) is 4.90 Å². The van der Waals surface area contributed by atoms with Gasteiger partial charge in [0.1, 0.15) is 0 Å². The second-order valence-corrected chi connectivity index (χ2v) is 7.97. The Morgan fingerprint density at radius 3 is 2.54 bits per heavy atom. The van der Waals surface area contributed by atoms with Gasteiger partial charge in [-0.05, 0) is 33.2 Å². The zero-order valence-corrected chi connectivity index (χ0v) is 16.9. The second-order valence-electron chi connectivity index (χ2n) is 6.06. The van der Waals surface area contributed by atoms with Crippen LogP contribution in [0.1, 0.15) is 5.69 Å². The molecule has 2 aromatic rings. The van der Waals surface area contributed by atoms with Crippen LogP contribution >= 0.6 is 23.1 Å².